The quantitative estimate of drug-likeness (QED) is 0.541. The molecule has 0 saturated carbocycles. The van der Waals surface area contributed by atoms with Crippen LogP contribution in [0.25, 0.3) is 0 Å². The Balaban J connectivity index is 3.80. The van der Waals surface area contributed by atoms with Crippen LogP contribution in [0.3, 0.4) is 0 Å². The molecule has 0 spiro atoms. The first kappa shape index (κ1) is 7.63. The van der Waals surface area contributed by atoms with Crippen molar-refractivity contribution in [2.45, 2.75) is 25.6 Å². The minimum atomic E-state index is -1.11. The number of halogens is 1. The van der Waals surface area contributed by atoms with Crippen LogP contribution in [0.15, 0.2) is 12.7 Å². The average Bonchev–Trinajstić information content (AvgIpc) is 1.62. The van der Waals surface area contributed by atoms with Crippen LogP contribution >= 0.6 is 0 Å². The maximum atomic E-state index is 12.4. The molecule has 8 heavy (non-hydrogen) atoms. The molecule has 0 aromatic rings. The lowest BCUT2D eigenvalue weighted by molar-refractivity contribution is 0.272. The zero-order chi connectivity index (χ0) is 6.78. The Morgan fingerprint density at radius 1 is 1.75 bits per heavy atom. The molecule has 48 valence electrons. The predicted molar refractivity (Wildman–Crippen MR) is 33.4 cm³/mol. The van der Waals surface area contributed by atoms with E-state index < -0.39 is 11.7 Å². The highest BCUT2D eigenvalue weighted by atomic mass is 19.1. The molecule has 0 bridgehead atoms. The monoisotopic (exact) mass is 117 g/mol. The Kier molecular flexibility index (Phi) is 2.16. The van der Waals surface area contributed by atoms with Gasteiger partial charge in [0, 0.05) is 5.54 Å². The van der Waals surface area contributed by atoms with E-state index in [2.05, 4.69) is 6.58 Å². The minimum absolute atomic E-state index is 0.776. The zero-order valence-electron chi connectivity index (χ0n) is 5.32. The van der Waals surface area contributed by atoms with Gasteiger partial charge in [0.15, 0.2) is 0 Å². The molecule has 0 aromatic heterocycles. The fourth-order valence-electron chi connectivity index (χ4n) is 0.304. The van der Waals surface area contributed by atoms with E-state index in [4.69, 9.17) is 5.73 Å². The maximum absolute atomic E-state index is 12.4. The lowest BCUT2D eigenvalue weighted by atomic mass is 10.0. The number of hydrogen-bond acceptors (Lipinski definition) is 1. The first-order valence-corrected chi connectivity index (χ1v) is 2.54. The van der Waals surface area contributed by atoms with Crippen LogP contribution in [0.2, 0.25) is 0 Å². The first-order valence-electron chi connectivity index (χ1n) is 2.54. The molecule has 0 fully saturated rings. The molecule has 0 aliphatic carbocycles. The second-order valence-electron chi connectivity index (χ2n) is 2.46. The number of rotatable bonds is 2. The number of nitrogens with two attached hydrogens (primary N) is 1. The maximum Gasteiger partial charge on any atom is 0.135 e. The van der Waals surface area contributed by atoms with E-state index in [0.717, 1.165) is 0 Å². The highest BCUT2D eigenvalue weighted by molar-refractivity contribution is 4.93. The largest absolute Gasteiger partial charge is 0.323 e. The fraction of sp³-hybridized carbons (Fsp3) is 0.667. The minimum Gasteiger partial charge on any atom is -0.323 e. The van der Waals surface area contributed by atoms with Crippen molar-refractivity contribution in [1.82, 2.24) is 0 Å². The molecule has 2 heteroatoms. The van der Waals surface area contributed by atoms with Gasteiger partial charge in [-0.2, -0.15) is 0 Å². The Bertz CT molecular complexity index is 83.0. The summed E-state index contributed by atoms with van der Waals surface area (Å²) in [6.45, 7) is 6.52. The van der Waals surface area contributed by atoms with Crippen molar-refractivity contribution in [2.24, 2.45) is 5.73 Å². The summed E-state index contributed by atoms with van der Waals surface area (Å²) in [5.41, 5.74) is 4.57. The van der Waals surface area contributed by atoms with Crippen LogP contribution in [0, 0.1) is 0 Å². The van der Waals surface area contributed by atoms with Gasteiger partial charge in [-0.3, -0.25) is 0 Å². The molecular weight excluding hydrogens is 105 g/mol. The smallest absolute Gasteiger partial charge is 0.135 e. The fourth-order valence-corrected chi connectivity index (χ4v) is 0.304. The van der Waals surface area contributed by atoms with E-state index in [9.17, 15) is 4.39 Å². The SMILES string of the molecule is C=CC(F)C(C)(C)N. The average molecular weight is 117 g/mol. The van der Waals surface area contributed by atoms with Crippen LogP contribution in [0.1, 0.15) is 13.8 Å². The van der Waals surface area contributed by atoms with Crippen molar-refractivity contribution >= 4 is 0 Å². The molecular formula is C6H12FN. The van der Waals surface area contributed by atoms with Crippen LogP contribution in [0.4, 0.5) is 4.39 Å². The van der Waals surface area contributed by atoms with E-state index in [1.165, 1.54) is 6.08 Å². The van der Waals surface area contributed by atoms with Gasteiger partial charge in [0.25, 0.3) is 0 Å². The van der Waals surface area contributed by atoms with Gasteiger partial charge in [-0.15, -0.1) is 6.58 Å². The van der Waals surface area contributed by atoms with E-state index in [1.54, 1.807) is 13.8 Å². The van der Waals surface area contributed by atoms with Gasteiger partial charge < -0.3 is 5.73 Å². The van der Waals surface area contributed by atoms with Crippen molar-refractivity contribution in [3.63, 3.8) is 0 Å². The van der Waals surface area contributed by atoms with Gasteiger partial charge in [0.1, 0.15) is 6.17 Å². The summed E-state index contributed by atoms with van der Waals surface area (Å²) in [7, 11) is 0. The van der Waals surface area contributed by atoms with Crippen LogP contribution in [-0.4, -0.2) is 11.7 Å². The van der Waals surface area contributed by atoms with Crippen LogP contribution in [0.5, 0.6) is 0 Å². The van der Waals surface area contributed by atoms with Gasteiger partial charge in [0.2, 0.25) is 0 Å². The van der Waals surface area contributed by atoms with Crippen LogP contribution < -0.4 is 5.73 Å². The molecule has 1 atom stereocenters. The lowest BCUT2D eigenvalue weighted by Crippen LogP contribution is -2.41. The highest BCUT2D eigenvalue weighted by Crippen LogP contribution is 2.08. The summed E-state index contributed by atoms with van der Waals surface area (Å²) in [5, 5.41) is 0. The third-order valence-electron chi connectivity index (χ3n) is 0.918. The van der Waals surface area contributed by atoms with E-state index in [-0.39, 0.29) is 0 Å². The summed E-state index contributed by atoms with van der Waals surface area (Å²) < 4.78 is 12.4. The first-order chi connectivity index (χ1) is 3.48. The molecule has 0 aromatic carbocycles. The molecule has 0 aliphatic heterocycles. The van der Waals surface area contributed by atoms with E-state index in [0.29, 0.717) is 0 Å². The van der Waals surface area contributed by atoms with Crippen molar-refractivity contribution in [1.29, 1.82) is 0 Å². The molecule has 2 N–H and O–H groups in total. The summed E-state index contributed by atoms with van der Waals surface area (Å²) in [5.74, 6) is 0. The Morgan fingerprint density at radius 3 is 2.12 bits per heavy atom. The molecule has 0 amide bonds. The molecule has 0 radical (unpaired) electrons. The molecule has 1 unspecified atom stereocenters. The van der Waals surface area contributed by atoms with Gasteiger partial charge in [-0.1, -0.05) is 6.08 Å². The Labute approximate surface area is 49.4 Å². The van der Waals surface area contributed by atoms with Crippen molar-refractivity contribution in [2.75, 3.05) is 0 Å². The summed E-state index contributed by atoms with van der Waals surface area (Å²) in [6.07, 6.45) is 0.0995. The lowest BCUT2D eigenvalue weighted by Gasteiger charge is -2.19. The third-order valence-corrected chi connectivity index (χ3v) is 0.918. The van der Waals surface area contributed by atoms with Crippen molar-refractivity contribution in [3.05, 3.63) is 12.7 Å². The van der Waals surface area contributed by atoms with E-state index >= 15 is 0 Å². The molecule has 0 saturated heterocycles. The Morgan fingerprint density at radius 2 is 2.12 bits per heavy atom. The van der Waals surface area contributed by atoms with Crippen molar-refractivity contribution in [3.8, 4) is 0 Å². The molecule has 0 aliphatic rings. The highest BCUT2D eigenvalue weighted by Gasteiger charge is 2.20. The summed E-state index contributed by atoms with van der Waals surface area (Å²) >= 11 is 0. The second-order valence-corrected chi connectivity index (χ2v) is 2.46. The zero-order valence-corrected chi connectivity index (χ0v) is 5.32. The van der Waals surface area contributed by atoms with Gasteiger partial charge in [-0.25, -0.2) is 4.39 Å². The number of alkyl halides is 1. The number of hydrogen-bond donors (Lipinski definition) is 1. The predicted octanol–water partition coefficient (Wildman–Crippen LogP) is 1.25. The molecule has 0 heterocycles. The van der Waals surface area contributed by atoms with Crippen LogP contribution in [-0.2, 0) is 0 Å². The Hall–Kier alpha value is -0.370. The topological polar surface area (TPSA) is 26.0 Å². The van der Waals surface area contributed by atoms with Gasteiger partial charge in [-0.05, 0) is 13.8 Å². The second kappa shape index (κ2) is 2.27. The van der Waals surface area contributed by atoms with Gasteiger partial charge >= 0.3 is 0 Å². The normalized spacial score (nSPS) is 15.5. The molecule has 1 nitrogen and oxygen atoms in total. The third kappa shape index (κ3) is 2.07. The molecule has 0 rings (SSSR count). The standard InChI is InChI=1S/C6H12FN/c1-4-5(7)6(2,3)8/h4-5H,1,8H2,2-3H3. The van der Waals surface area contributed by atoms with Gasteiger partial charge in [0.05, 0.1) is 0 Å². The summed E-state index contributed by atoms with van der Waals surface area (Å²) in [4.78, 5) is 0. The van der Waals surface area contributed by atoms with E-state index in [1.807, 2.05) is 0 Å². The van der Waals surface area contributed by atoms with Crippen molar-refractivity contribution < 1.29 is 4.39 Å². The summed E-state index contributed by atoms with van der Waals surface area (Å²) in [6, 6.07) is 0.